The van der Waals surface area contributed by atoms with Crippen molar-refractivity contribution in [2.45, 2.75) is 70.8 Å². The number of rotatable bonds is 5. The van der Waals surface area contributed by atoms with Gasteiger partial charge in [0, 0.05) is 6.42 Å². The number of hydrogen-bond acceptors (Lipinski definition) is 8. The molecule has 0 unspecified atom stereocenters. The minimum absolute atomic E-state index is 0.225. The lowest BCUT2D eigenvalue weighted by Crippen LogP contribution is -2.60. The number of carbonyl (C=O) groups excluding carboxylic acids is 7. The maximum atomic E-state index is 12.8. The number of nitrogens with two attached hydrogens (primary N) is 1. The monoisotopic (exact) mass is 513 g/mol. The predicted octanol–water partition coefficient (Wildman–Crippen LogP) is -4.51. The molecule has 1 aliphatic rings. The maximum absolute atomic E-state index is 12.8. The van der Waals surface area contributed by atoms with E-state index in [-0.39, 0.29) is 18.8 Å². The summed E-state index contributed by atoms with van der Waals surface area (Å²) >= 11 is 0. The quantitative estimate of drug-likeness (QED) is 0.178. The van der Waals surface area contributed by atoms with Gasteiger partial charge in [-0.15, -0.1) is 0 Å². The fourth-order valence-electron chi connectivity index (χ4n) is 3.18. The molecule has 7 amide bonds. The van der Waals surface area contributed by atoms with E-state index in [0.717, 1.165) is 0 Å². The first-order valence-electron chi connectivity index (χ1n) is 11.4. The molecule has 9 N–H and O–H groups in total. The van der Waals surface area contributed by atoms with Gasteiger partial charge in [0.2, 0.25) is 41.4 Å². The Morgan fingerprint density at radius 2 is 1.36 bits per heavy atom. The molecular weight excluding hydrogens is 478 g/mol. The van der Waals surface area contributed by atoms with Crippen LogP contribution in [0.1, 0.15) is 40.5 Å². The summed E-state index contributed by atoms with van der Waals surface area (Å²) in [7, 11) is 0. The van der Waals surface area contributed by atoms with Gasteiger partial charge in [0.15, 0.2) is 0 Å². The highest BCUT2D eigenvalue weighted by Crippen LogP contribution is 2.04. The van der Waals surface area contributed by atoms with Crippen molar-refractivity contribution >= 4 is 41.4 Å². The number of nitrogens with one attached hydrogen (secondary N) is 6. The Labute approximate surface area is 208 Å². The van der Waals surface area contributed by atoms with Crippen LogP contribution in [0.2, 0.25) is 0 Å². The largest absolute Gasteiger partial charge is 0.391 e. The Balaban J connectivity index is 3.22. The molecule has 0 aliphatic carbocycles. The van der Waals surface area contributed by atoms with E-state index in [4.69, 9.17) is 5.73 Å². The zero-order valence-corrected chi connectivity index (χ0v) is 20.7. The van der Waals surface area contributed by atoms with Crippen molar-refractivity contribution in [2.24, 2.45) is 11.7 Å². The van der Waals surface area contributed by atoms with Crippen molar-refractivity contribution in [1.82, 2.24) is 31.9 Å². The van der Waals surface area contributed by atoms with Crippen LogP contribution in [0, 0.1) is 5.92 Å². The van der Waals surface area contributed by atoms with Crippen LogP contribution in [-0.2, 0) is 33.6 Å². The third-order valence-corrected chi connectivity index (χ3v) is 5.26. The highest BCUT2D eigenvalue weighted by molar-refractivity contribution is 5.97. The molecule has 0 saturated carbocycles. The smallest absolute Gasteiger partial charge is 0.245 e. The normalized spacial score (nSPS) is 26.3. The molecule has 202 valence electrons. The van der Waals surface area contributed by atoms with E-state index >= 15 is 0 Å². The Bertz CT molecular complexity index is 876. The molecule has 1 saturated heterocycles. The van der Waals surface area contributed by atoms with E-state index in [2.05, 4.69) is 31.9 Å². The first kappa shape index (κ1) is 30.3. The summed E-state index contributed by atoms with van der Waals surface area (Å²) < 4.78 is 0. The van der Waals surface area contributed by atoms with E-state index in [1.54, 1.807) is 13.8 Å². The number of aliphatic hydroxyl groups excluding tert-OH is 1. The van der Waals surface area contributed by atoms with Gasteiger partial charge >= 0.3 is 0 Å². The minimum atomic E-state index is -1.52. The molecule has 1 fully saturated rings. The van der Waals surface area contributed by atoms with Crippen molar-refractivity contribution in [3.05, 3.63) is 0 Å². The summed E-state index contributed by atoms with van der Waals surface area (Å²) in [5.74, 6) is -5.79. The molecule has 36 heavy (non-hydrogen) atoms. The number of carbonyl (C=O) groups is 7. The third kappa shape index (κ3) is 9.85. The van der Waals surface area contributed by atoms with Gasteiger partial charge in [-0.1, -0.05) is 13.8 Å². The second-order valence-electron chi connectivity index (χ2n) is 8.81. The number of amides is 7. The summed E-state index contributed by atoms with van der Waals surface area (Å²) in [6.07, 6.45) is -1.91. The fourth-order valence-corrected chi connectivity index (χ4v) is 3.18. The Morgan fingerprint density at radius 1 is 0.833 bits per heavy atom. The van der Waals surface area contributed by atoms with Crippen LogP contribution in [0.25, 0.3) is 0 Å². The summed E-state index contributed by atoms with van der Waals surface area (Å²) in [6, 6.07) is -5.03. The number of hydrogen-bond donors (Lipinski definition) is 8. The van der Waals surface area contributed by atoms with Crippen LogP contribution >= 0.6 is 0 Å². The molecule has 1 heterocycles. The van der Waals surface area contributed by atoms with Crippen LogP contribution in [-0.4, -0.2) is 89.8 Å². The van der Waals surface area contributed by atoms with Crippen LogP contribution < -0.4 is 37.6 Å². The average molecular weight is 514 g/mol. The zero-order chi connectivity index (χ0) is 27.6. The lowest BCUT2D eigenvalue weighted by Gasteiger charge is -2.26. The van der Waals surface area contributed by atoms with Crippen molar-refractivity contribution in [3.63, 3.8) is 0 Å². The van der Waals surface area contributed by atoms with Crippen LogP contribution in [0.3, 0.4) is 0 Å². The van der Waals surface area contributed by atoms with Crippen molar-refractivity contribution in [1.29, 1.82) is 0 Å². The Hall–Kier alpha value is -3.75. The summed E-state index contributed by atoms with van der Waals surface area (Å²) in [6.45, 7) is 4.82. The average Bonchev–Trinajstić information content (AvgIpc) is 2.78. The summed E-state index contributed by atoms with van der Waals surface area (Å²) in [5.41, 5.74) is 5.14. The first-order valence-corrected chi connectivity index (χ1v) is 11.4. The van der Waals surface area contributed by atoms with Gasteiger partial charge in [-0.25, -0.2) is 0 Å². The van der Waals surface area contributed by atoms with E-state index in [1.807, 2.05) is 0 Å². The van der Waals surface area contributed by atoms with Gasteiger partial charge in [-0.2, -0.15) is 0 Å². The third-order valence-electron chi connectivity index (χ3n) is 5.26. The van der Waals surface area contributed by atoms with E-state index in [0.29, 0.717) is 0 Å². The molecule has 0 aromatic carbocycles. The first-order chi connectivity index (χ1) is 16.7. The van der Waals surface area contributed by atoms with E-state index < -0.39 is 84.7 Å². The zero-order valence-electron chi connectivity index (χ0n) is 20.7. The van der Waals surface area contributed by atoms with Crippen molar-refractivity contribution < 1.29 is 38.7 Å². The van der Waals surface area contributed by atoms with Gasteiger partial charge in [0.05, 0.1) is 19.2 Å². The van der Waals surface area contributed by atoms with Crippen LogP contribution in [0.4, 0.5) is 0 Å². The molecule has 15 nitrogen and oxygen atoms in total. The van der Waals surface area contributed by atoms with Crippen molar-refractivity contribution in [2.75, 3.05) is 13.1 Å². The molecule has 0 spiro atoms. The van der Waals surface area contributed by atoms with Gasteiger partial charge in [-0.3, -0.25) is 33.6 Å². The lowest BCUT2D eigenvalue weighted by molar-refractivity contribution is -0.136. The predicted molar refractivity (Wildman–Crippen MR) is 124 cm³/mol. The van der Waals surface area contributed by atoms with E-state index in [9.17, 15) is 38.7 Å². The SMILES string of the molecule is CC(C)[C@@H]1NC(=O)CNC(=O)[C@H]([C@@H](C)O)NC(=O)[C@H](CCC(N)=O)NC(=O)[C@H](C)NC(=O)CNC1=O. The molecule has 1 aliphatic heterocycles. The van der Waals surface area contributed by atoms with Gasteiger partial charge < -0.3 is 42.7 Å². The van der Waals surface area contributed by atoms with Crippen LogP contribution in [0.5, 0.6) is 0 Å². The lowest BCUT2D eigenvalue weighted by atomic mass is 10.0. The van der Waals surface area contributed by atoms with E-state index in [1.165, 1.54) is 13.8 Å². The minimum Gasteiger partial charge on any atom is -0.391 e. The fraction of sp³-hybridized carbons (Fsp3) is 0.667. The highest BCUT2D eigenvalue weighted by Gasteiger charge is 2.32. The van der Waals surface area contributed by atoms with Gasteiger partial charge in [0.1, 0.15) is 24.2 Å². The highest BCUT2D eigenvalue weighted by atomic mass is 16.3. The second-order valence-corrected chi connectivity index (χ2v) is 8.81. The Morgan fingerprint density at radius 3 is 1.86 bits per heavy atom. The molecule has 5 atom stereocenters. The Kier molecular flexibility index (Phi) is 11.7. The van der Waals surface area contributed by atoms with Gasteiger partial charge in [0.25, 0.3) is 0 Å². The molecule has 0 radical (unpaired) electrons. The molecule has 15 heteroatoms. The maximum Gasteiger partial charge on any atom is 0.245 e. The standard InChI is InChI=1S/C21H35N7O8/c1-9(2)16-20(35)23-7-14(31)25-10(3)18(33)26-12(5-6-13(22)30)19(34)28-17(11(4)29)21(36)24-8-15(32)27-16/h9-12,16-17,29H,5-8H2,1-4H3,(H2,22,30)(H,23,35)(H,24,36)(H,25,31)(H,26,33)(H,27,32)(H,28,34)/t10-,11+,12-,16-,17-/m0/s1. The number of aliphatic hydroxyl groups is 1. The molecule has 0 aromatic heterocycles. The van der Waals surface area contributed by atoms with Crippen molar-refractivity contribution in [3.8, 4) is 0 Å². The van der Waals surface area contributed by atoms with Gasteiger partial charge in [-0.05, 0) is 26.2 Å². The molecule has 0 aromatic rings. The summed E-state index contributed by atoms with van der Waals surface area (Å²) in [5, 5.41) is 24.1. The molecular formula is C21H35N7O8. The molecule has 1 rings (SSSR count). The molecule has 0 bridgehead atoms. The van der Waals surface area contributed by atoms with Crippen LogP contribution in [0.15, 0.2) is 0 Å². The summed E-state index contributed by atoms with van der Waals surface area (Å²) in [4.78, 5) is 86.3. The number of primary amides is 1. The second kappa shape index (κ2) is 14.0. The topological polar surface area (TPSA) is 238 Å².